The van der Waals surface area contributed by atoms with Crippen LogP contribution >= 0.6 is 0 Å². The number of sulfonamides is 1. The van der Waals surface area contributed by atoms with Crippen LogP contribution in [0.3, 0.4) is 0 Å². The molecule has 1 saturated carbocycles. The van der Waals surface area contributed by atoms with Crippen LogP contribution in [0.1, 0.15) is 31.7 Å². The molecule has 0 heterocycles. The molecule has 1 aromatic rings. The summed E-state index contributed by atoms with van der Waals surface area (Å²) in [5, 5.41) is 8.67. The number of nitrogens with zero attached hydrogens (tertiary/aromatic N) is 1. The molecule has 1 N–H and O–H groups in total. The lowest BCUT2D eigenvalue weighted by molar-refractivity contribution is 0.573. The molecule has 2 rings (SSSR count). The van der Waals surface area contributed by atoms with E-state index in [4.69, 9.17) is 5.26 Å². The number of hydrogen-bond donors (Lipinski definition) is 1. The van der Waals surface area contributed by atoms with Crippen LogP contribution in [0, 0.1) is 17.2 Å². The van der Waals surface area contributed by atoms with Gasteiger partial charge in [0.25, 0.3) is 0 Å². The molecule has 0 aromatic heterocycles. The van der Waals surface area contributed by atoms with Gasteiger partial charge in [-0.1, -0.05) is 13.3 Å². The first-order valence-electron chi connectivity index (χ1n) is 6.09. The summed E-state index contributed by atoms with van der Waals surface area (Å²) >= 11 is 0. The van der Waals surface area contributed by atoms with E-state index in [1.54, 1.807) is 0 Å². The molecule has 0 radical (unpaired) electrons. The van der Waals surface area contributed by atoms with Crippen LogP contribution < -0.4 is 4.72 Å². The summed E-state index contributed by atoms with van der Waals surface area (Å²) in [5.41, 5.74) is 0.462. The fourth-order valence-electron chi connectivity index (χ4n) is 2.06. The highest BCUT2D eigenvalue weighted by Crippen LogP contribution is 2.35. The summed E-state index contributed by atoms with van der Waals surface area (Å²) in [7, 11) is -3.43. The van der Waals surface area contributed by atoms with Crippen LogP contribution in [0.4, 0.5) is 0 Å². The molecule has 1 aromatic carbocycles. The zero-order valence-electron chi connectivity index (χ0n) is 10.3. The van der Waals surface area contributed by atoms with Gasteiger partial charge in [0.05, 0.1) is 16.5 Å². The van der Waals surface area contributed by atoms with Crippen molar-refractivity contribution in [2.75, 3.05) is 0 Å². The van der Waals surface area contributed by atoms with E-state index in [0.29, 0.717) is 11.5 Å². The minimum Gasteiger partial charge on any atom is -0.208 e. The average Bonchev–Trinajstić information content (AvgIpc) is 3.07. The first-order valence-corrected chi connectivity index (χ1v) is 7.57. The van der Waals surface area contributed by atoms with E-state index >= 15 is 0 Å². The van der Waals surface area contributed by atoms with E-state index in [0.717, 1.165) is 19.3 Å². The summed E-state index contributed by atoms with van der Waals surface area (Å²) < 4.78 is 26.8. The highest BCUT2D eigenvalue weighted by atomic mass is 32.2. The van der Waals surface area contributed by atoms with Gasteiger partial charge in [0.15, 0.2) is 0 Å². The van der Waals surface area contributed by atoms with Crippen molar-refractivity contribution < 1.29 is 8.42 Å². The lowest BCUT2D eigenvalue weighted by Gasteiger charge is -2.06. The molecule has 1 aliphatic rings. The monoisotopic (exact) mass is 264 g/mol. The molecule has 5 heteroatoms. The molecule has 0 bridgehead atoms. The Balaban J connectivity index is 2.05. The second kappa shape index (κ2) is 5.09. The minimum atomic E-state index is -3.43. The van der Waals surface area contributed by atoms with Gasteiger partial charge in [0.2, 0.25) is 10.0 Å². The van der Waals surface area contributed by atoms with Crippen molar-refractivity contribution in [2.45, 2.75) is 37.1 Å². The van der Waals surface area contributed by atoms with Gasteiger partial charge in [-0.3, -0.25) is 0 Å². The fourth-order valence-corrected chi connectivity index (χ4v) is 3.38. The van der Waals surface area contributed by atoms with Crippen LogP contribution in [0.5, 0.6) is 0 Å². The zero-order valence-corrected chi connectivity index (χ0v) is 11.1. The highest BCUT2D eigenvalue weighted by molar-refractivity contribution is 7.89. The Morgan fingerprint density at radius 2 is 2.06 bits per heavy atom. The molecule has 96 valence electrons. The molecule has 1 fully saturated rings. The molecule has 2 atom stereocenters. The van der Waals surface area contributed by atoms with Gasteiger partial charge in [-0.15, -0.1) is 0 Å². The average molecular weight is 264 g/mol. The third-order valence-corrected chi connectivity index (χ3v) is 4.69. The standard InChI is InChI=1S/C13H16N2O2S/c1-2-3-11-8-13(11)15-18(16,17)12-6-4-10(9-14)5-7-12/h4-7,11,13,15H,2-3,8H2,1H3. The molecule has 4 nitrogen and oxygen atoms in total. The van der Waals surface area contributed by atoms with E-state index in [-0.39, 0.29) is 10.9 Å². The Labute approximate surface area is 108 Å². The predicted octanol–water partition coefficient (Wildman–Crippen LogP) is 2.03. The summed E-state index contributed by atoms with van der Waals surface area (Å²) in [6.07, 6.45) is 3.09. The Bertz CT molecular complexity index is 558. The third-order valence-electron chi connectivity index (χ3n) is 3.18. The maximum absolute atomic E-state index is 12.0. The van der Waals surface area contributed by atoms with Crippen molar-refractivity contribution in [1.82, 2.24) is 4.72 Å². The first-order chi connectivity index (χ1) is 8.56. The predicted molar refractivity (Wildman–Crippen MR) is 68.3 cm³/mol. The lowest BCUT2D eigenvalue weighted by atomic mass is 10.2. The maximum atomic E-state index is 12.0. The van der Waals surface area contributed by atoms with E-state index < -0.39 is 10.0 Å². The van der Waals surface area contributed by atoms with E-state index in [2.05, 4.69) is 11.6 Å². The van der Waals surface area contributed by atoms with Gasteiger partial charge in [-0.2, -0.15) is 5.26 Å². The molecule has 2 unspecified atom stereocenters. The topological polar surface area (TPSA) is 70.0 Å². The summed E-state index contributed by atoms with van der Waals surface area (Å²) in [6.45, 7) is 2.10. The van der Waals surface area contributed by atoms with Crippen molar-refractivity contribution >= 4 is 10.0 Å². The molecule has 18 heavy (non-hydrogen) atoms. The van der Waals surface area contributed by atoms with E-state index in [9.17, 15) is 8.42 Å². The maximum Gasteiger partial charge on any atom is 0.240 e. The van der Waals surface area contributed by atoms with Crippen LogP contribution in [0.2, 0.25) is 0 Å². The summed E-state index contributed by atoms with van der Waals surface area (Å²) in [4.78, 5) is 0.226. The lowest BCUT2D eigenvalue weighted by Crippen LogP contribution is -2.27. The van der Waals surface area contributed by atoms with Gasteiger partial charge in [0.1, 0.15) is 0 Å². The van der Waals surface area contributed by atoms with Crippen molar-refractivity contribution in [3.63, 3.8) is 0 Å². The second-order valence-corrected chi connectivity index (χ2v) is 6.36. The third kappa shape index (κ3) is 2.89. The number of hydrogen-bond acceptors (Lipinski definition) is 3. The van der Waals surface area contributed by atoms with E-state index in [1.807, 2.05) is 6.07 Å². The second-order valence-electron chi connectivity index (χ2n) is 4.65. The van der Waals surface area contributed by atoms with E-state index in [1.165, 1.54) is 24.3 Å². The molecule has 0 aliphatic heterocycles. The number of benzene rings is 1. The van der Waals surface area contributed by atoms with Crippen LogP contribution in [0.25, 0.3) is 0 Å². The van der Waals surface area contributed by atoms with Crippen molar-refractivity contribution in [3.8, 4) is 6.07 Å². The Morgan fingerprint density at radius 1 is 1.39 bits per heavy atom. The van der Waals surface area contributed by atoms with Crippen LogP contribution in [-0.2, 0) is 10.0 Å². The fraction of sp³-hybridized carbons (Fsp3) is 0.462. The summed E-state index contributed by atoms with van der Waals surface area (Å²) in [6, 6.07) is 8.03. The largest absolute Gasteiger partial charge is 0.240 e. The Kier molecular flexibility index (Phi) is 3.69. The smallest absolute Gasteiger partial charge is 0.208 e. The van der Waals surface area contributed by atoms with Gasteiger partial charge in [-0.05, 0) is 43.0 Å². The molecule has 0 spiro atoms. The van der Waals surface area contributed by atoms with Crippen molar-refractivity contribution in [1.29, 1.82) is 5.26 Å². The molecule has 0 amide bonds. The molecule has 1 aliphatic carbocycles. The van der Waals surface area contributed by atoms with Gasteiger partial charge >= 0.3 is 0 Å². The Morgan fingerprint density at radius 3 is 2.61 bits per heavy atom. The first kappa shape index (κ1) is 13.1. The summed E-state index contributed by atoms with van der Waals surface area (Å²) in [5.74, 6) is 0.489. The van der Waals surface area contributed by atoms with Crippen LogP contribution in [0.15, 0.2) is 29.2 Å². The quantitative estimate of drug-likeness (QED) is 0.884. The number of nitrogens with one attached hydrogen (secondary N) is 1. The highest BCUT2D eigenvalue weighted by Gasteiger charge is 2.39. The van der Waals surface area contributed by atoms with Crippen molar-refractivity contribution in [2.24, 2.45) is 5.92 Å². The minimum absolute atomic E-state index is 0.0885. The number of rotatable bonds is 5. The zero-order chi connectivity index (χ0) is 13.2. The SMILES string of the molecule is CCCC1CC1NS(=O)(=O)c1ccc(C#N)cc1. The van der Waals surface area contributed by atoms with Crippen molar-refractivity contribution in [3.05, 3.63) is 29.8 Å². The Hall–Kier alpha value is -1.38. The van der Waals surface area contributed by atoms with Gasteiger partial charge in [-0.25, -0.2) is 13.1 Å². The van der Waals surface area contributed by atoms with Gasteiger partial charge < -0.3 is 0 Å². The molecular weight excluding hydrogens is 248 g/mol. The molecule has 0 saturated heterocycles. The van der Waals surface area contributed by atoms with Crippen LogP contribution in [-0.4, -0.2) is 14.5 Å². The normalized spacial score (nSPS) is 22.4. The van der Waals surface area contributed by atoms with Gasteiger partial charge in [0, 0.05) is 6.04 Å². The molecular formula is C13H16N2O2S. The number of nitriles is 1.